The molecule has 1 aliphatic rings. The highest BCUT2D eigenvalue weighted by Crippen LogP contribution is 2.27. The topological polar surface area (TPSA) is 33.7 Å². The lowest BCUT2D eigenvalue weighted by atomic mass is 9.99. The van der Waals surface area contributed by atoms with Crippen molar-refractivity contribution in [2.45, 2.75) is 58.7 Å². The maximum atomic E-state index is 6.10. The van der Waals surface area contributed by atoms with Gasteiger partial charge in [0.15, 0.2) is 0 Å². The van der Waals surface area contributed by atoms with Crippen molar-refractivity contribution >= 4 is 0 Å². The maximum Gasteiger partial charge on any atom is 0.0760 e. The molecule has 4 heteroatoms. The Morgan fingerprint density at radius 2 is 1.70 bits per heavy atom. The number of nitrogens with zero attached hydrogens (tertiary/aromatic N) is 1. The van der Waals surface area contributed by atoms with Crippen LogP contribution in [0.15, 0.2) is 0 Å². The fraction of sp³-hybridized carbons (Fsp3) is 1.00. The van der Waals surface area contributed by atoms with Crippen molar-refractivity contribution in [3.8, 4) is 0 Å². The van der Waals surface area contributed by atoms with Crippen molar-refractivity contribution in [3.63, 3.8) is 0 Å². The van der Waals surface area contributed by atoms with E-state index in [1.807, 2.05) is 6.92 Å². The average Bonchev–Trinajstić information content (AvgIpc) is 2.28. The predicted molar refractivity (Wildman–Crippen MR) is 84.3 cm³/mol. The molecule has 4 nitrogen and oxygen atoms in total. The van der Waals surface area contributed by atoms with Crippen LogP contribution in [0, 0.1) is 0 Å². The van der Waals surface area contributed by atoms with Crippen LogP contribution >= 0.6 is 0 Å². The number of hydrogen-bond acceptors (Lipinski definition) is 4. The molecule has 0 aliphatic carbocycles. The van der Waals surface area contributed by atoms with E-state index in [0.717, 1.165) is 52.4 Å². The zero-order valence-corrected chi connectivity index (χ0v) is 14.1. The number of unbranched alkanes of at least 4 members (excludes halogenated alkanes) is 1. The zero-order valence-electron chi connectivity index (χ0n) is 14.1. The molecule has 1 saturated heterocycles. The third-order valence-electron chi connectivity index (χ3n) is 3.46. The van der Waals surface area contributed by atoms with E-state index in [-0.39, 0.29) is 11.2 Å². The molecule has 1 rings (SSSR count). The smallest absolute Gasteiger partial charge is 0.0760 e. The Kier molecular flexibility index (Phi) is 7.45. The Bertz CT molecular complexity index is 251. The summed E-state index contributed by atoms with van der Waals surface area (Å²) in [7, 11) is 0. The van der Waals surface area contributed by atoms with Gasteiger partial charge < -0.3 is 14.8 Å². The van der Waals surface area contributed by atoms with Crippen LogP contribution in [0.5, 0.6) is 0 Å². The van der Waals surface area contributed by atoms with Crippen LogP contribution in [0.25, 0.3) is 0 Å². The van der Waals surface area contributed by atoms with Gasteiger partial charge in [-0.3, -0.25) is 4.90 Å². The van der Waals surface area contributed by atoms with E-state index in [1.165, 1.54) is 6.42 Å². The van der Waals surface area contributed by atoms with Crippen LogP contribution in [0.2, 0.25) is 0 Å². The van der Waals surface area contributed by atoms with E-state index in [9.17, 15) is 0 Å². The summed E-state index contributed by atoms with van der Waals surface area (Å²) >= 11 is 0. The van der Waals surface area contributed by atoms with Crippen molar-refractivity contribution in [1.82, 2.24) is 10.2 Å². The molecule has 1 N–H and O–H groups in total. The monoisotopic (exact) mass is 286 g/mol. The lowest BCUT2D eigenvalue weighted by molar-refractivity contribution is -0.180. The third kappa shape index (κ3) is 7.58. The second-order valence-corrected chi connectivity index (χ2v) is 6.99. The minimum absolute atomic E-state index is 0.0424. The molecule has 120 valence electrons. The Labute approximate surface area is 125 Å². The lowest BCUT2D eigenvalue weighted by Gasteiger charge is -2.47. The summed E-state index contributed by atoms with van der Waals surface area (Å²) in [5.41, 5.74) is -0.0848. The predicted octanol–water partition coefficient (Wildman–Crippen LogP) is 2.28. The van der Waals surface area contributed by atoms with E-state index >= 15 is 0 Å². The molecule has 0 aromatic rings. The molecular weight excluding hydrogens is 252 g/mol. The minimum atomic E-state index is -0.0424. The SMILES string of the molecule is CCOCCCCNCCN1CC(C)(C)OC(C)(C)C1. The summed E-state index contributed by atoms with van der Waals surface area (Å²) in [5.74, 6) is 0. The van der Waals surface area contributed by atoms with Crippen molar-refractivity contribution in [2.24, 2.45) is 0 Å². The second-order valence-electron chi connectivity index (χ2n) is 6.99. The maximum absolute atomic E-state index is 6.10. The molecule has 0 radical (unpaired) electrons. The first-order valence-corrected chi connectivity index (χ1v) is 8.06. The van der Waals surface area contributed by atoms with Crippen molar-refractivity contribution in [2.75, 3.05) is 45.9 Å². The van der Waals surface area contributed by atoms with Gasteiger partial charge in [-0.05, 0) is 54.0 Å². The highest BCUT2D eigenvalue weighted by atomic mass is 16.5. The molecule has 0 bridgehead atoms. The molecule has 0 saturated carbocycles. The molecule has 0 unspecified atom stereocenters. The minimum Gasteiger partial charge on any atom is -0.382 e. The molecule has 0 amide bonds. The van der Waals surface area contributed by atoms with Crippen molar-refractivity contribution in [1.29, 1.82) is 0 Å². The van der Waals surface area contributed by atoms with E-state index < -0.39 is 0 Å². The lowest BCUT2D eigenvalue weighted by Crippen LogP contribution is -2.58. The van der Waals surface area contributed by atoms with Crippen LogP contribution < -0.4 is 5.32 Å². The molecule has 0 spiro atoms. The summed E-state index contributed by atoms with van der Waals surface area (Å²) < 4.78 is 11.4. The van der Waals surface area contributed by atoms with Gasteiger partial charge in [-0.2, -0.15) is 0 Å². The summed E-state index contributed by atoms with van der Waals surface area (Å²) in [6, 6.07) is 0. The Balaban J connectivity index is 2.09. The first kappa shape index (κ1) is 17.9. The van der Waals surface area contributed by atoms with Gasteiger partial charge in [0.1, 0.15) is 0 Å². The van der Waals surface area contributed by atoms with Gasteiger partial charge in [0.05, 0.1) is 11.2 Å². The standard InChI is InChI=1S/C16H34N2O2/c1-6-19-12-8-7-9-17-10-11-18-13-15(2,3)20-16(4,5)14-18/h17H,6-14H2,1-5H3. The van der Waals surface area contributed by atoms with Crippen molar-refractivity contribution < 1.29 is 9.47 Å². The number of nitrogens with one attached hydrogen (secondary N) is 1. The van der Waals surface area contributed by atoms with Gasteiger partial charge in [0, 0.05) is 39.4 Å². The Morgan fingerprint density at radius 3 is 2.30 bits per heavy atom. The fourth-order valence-corrected chi connectivity index (χ4v) is 3.06. The zero-order chi connectivity index (χ0) is 15.1. The van der Waals surface area contributed by atoms with Crippen LogP contribution in [-0.4, -0.2) is 62.0 Å². The van der Waals surface area contributed by atoms with E-state index in [0.29, 0.717) is 0 Å². The number of morpholine rings is 1. The number of rotatable bonds is 9. The van der Waals surface area contributed by atoms with Crippen LogP contribution in [0.3, 0.4) is 0 Å². The molecule has 0 aromatic carbocycles. The highest BCUT2D eigenvalue weighted by Gasteiger charge is 2.37. The number of hydrogen-bond donors (Lipinski definition) is 1. The summed E-state index contributed by atoms with van der Waals surface area (Å²) in [5, 5.41) is 3.53. The number of ether oxygens (including phenoxy) is 2. The van der Waals surface area contributed by atoms with Crippen LogP contribution in [-0.2, 0) is 9.47 Å². The van der Waals surface area contributed by atoms with E-state index in [1.54, 1.807) is 0 Å². The van der Waals surface area contributed by atoms with Gasteiger partial charge in [0.25, 0.3) is 0 Å². The molecule has 0 atom stereocenters. The fourth-order valence-electron chi connectivity index (χ4n) is 3.06. The normalized spacial score (nSPS) is 22.1. The molecule has 1 heterocycles. The summed E-state index contributed by atoms with van der Waals surface area (Å²) in [4.78, 5) is 2.51. The van der Waals surface area contributed by atoms with Crippen LogP contribution in [0.1, 0.15) is 47.5 Å². The Morgan fingerprint density at radius 1 is 1.05 bits per heavy atom. The highest BCUT2D eigenvalue weighted by molar-refractivity contribution is 4.89. The molecule has 0 aromatic heterocycles. The molecule has 20 heavy (non-hydrogen) atoms. The summed E-state index contributed by atoms with van der Waals surface area (Å²) in [6.07, 6.45) is 2.35. The van der Waals surface area contributed by atoms with Gasteiger partial charge in [0.2, 0.25) is 0 Å². The van der Waals surface area contributed by atoms with E-state index in [4.69, 9.17) is 9.47 Å². The van der Waals surface area contributed by atoms with Crippen LogP contribution in [0.4, 0.5) is 0 Å². The molecule has 1 fully saturated rings. The average molecular weight is 286 g/mol. The van der Waals surface area contributed by atoms with Gasteiger partial charge >= 0.3 is 0 Å². The first-order chi connectivity index (χ1) is 9.35. The second kappa shape index (κ2) is 8.32. The van der Waals surface area contributed by atoms with E-state index in [2.05, 4.69) is 37.9 Å². The van der Waals surface area contributed by atoms with Gasteiger partial charge in [-0.25, -0.2) is 0 Å². The van der Waals surface area contributed by atoms with Gasteiger partial charge in [-0.15, -0.1) is 0 Å². The first-order valence-electron chi connectivity index (χ1n) is 8.06. The molecular formula is C16H34N2O2. The summed E-state index contributed by atoms with van der Waals surface area (Å²) in [6.45, 7) is 17.8. The van der Waals surface area contributed by atoms with Gasteiger partial charge in [-0.1, -0.05) is 0 Å². The largest absolute Gasteiger partial charge is 0.382 e. The van der Waals surface area contributed by atoms with Crippen molar-refractivity contribution in [3.05, 3.63) is 0 Å². The Hall–Kier alpha value is -0.160. The molecule has 1 aliphatic heterocycles. The third-order valence-corrected chi connectivity index (χ3v) is 3.46. The quantitative estimate of drug-likeness (QED) is 0.659.